The van der Waals surface area contributed by atoms with Crippen LogP contribution in [0.3, 0.4) is 0 Å². The van der Waals surface area contributed by atoms with Crippen LogP contribution in [0.25, 0.3) is 0 Å². The van der Waals surface area contributed by atoms with E-state index in [1.165, 1.54) is 19.4 Å². The maximum Gasteiger partial charge on any atom is 0.338 e. The van der Waals surface area contributed by atoms with E-state index in [0.29, 0.717) is 5.56 Å². The van der Waals surface area contributed by atoms with E-state index in [-0.39, 0.29) is 23.8 Å². The zero-order chi connectivity index (χ0) is 16.2. The van der Waals surface area contributed by atoms with Crippen LogP contribution in [0.15, 0.2) is 12.3 Å². The number of nitrogens with two attached hydrogens (primary N) is 1. The molecular weight excluding hydrogens is 274 g/mol. The van der Waals surface area contributed by atoms with Gasteiger partial charge in [-0.05, 0) is 24.5 Å². The number of carboxylic acid groups (broad SMARTS) is 1. The first kappa shape index (κ1) is 17.1. The lowest BCUT2D eigenvalue weighted by Gasteiger charge is -2.30. The second kappa shape index (κ2) is 6.64. The van der Waals surface area contributed by atoms with Gasteiger partial charge in [0.2, 0.25) is 0 Å². The molecule has 1 aromatic heterocycles. The Morgan fingerprint density at radius 3 is 2.62 bits per heavy atom. The Kier molecular flexibility index (Phi) is 5.40. The van der Waals surface area contributed by atoms with Gasteiger partial charge in [-0.15, -0.1) is 0 Å². The highest BCUT2D eigenvalue weighted by molar-refractivity contribution is 6.03. The number of hydrogen-bond donors (Lipinski definition) is 3. The Morgan fingerprint density at radius 2 is 2.14 bits per heavy atom. The third kappa shape index (κ3) is 4.24. The van der Waals surface area contributed by atoms with Crippen molar-refractivity contribution in [3.63, 3.8) is 0 Å². The van der Waals surface area contributed by atoms with Crippen LogP contribution in [0, 0.1) is 5.92 Å². The Balaban J connectivity index is 3.12. The molecule has 0 aliphatic heterocycles. The van der Waals surface area contributed by atoms with Crippen molar-refractivity contribution in [1.29, 1.82) is 0 Å². The minimum Gasteiger partial charge on any atom is -0.478 e. The summed E-state index contributed by atoms with van der Waals surface area (Å²) in [5.41, 5.74) is 5.24. The Morgan fingerprint density at radius 1 is 1.52 bits per heavy atom. The van der Waals surface area contributed by atoms with E-state index < -0.39 is 17.5 Å². The fraction of sp³-hybridized carbons (Fsp3) is 0.500. The van der Waals surface area contributed by atoms with Crippen molar-refractivity contribution < 1.29 is 19.4 Å². The largest absolute Gasteiger partial charge is 0.478 e. The van der Waals surface area contributed by atoms with E-state index in [9.17, 15) is 14.7 Å². The van der Waals surface area contributed by atoms with E-state index in [4.69, 9.17) is 10.5 Å². The van der Waals surface area contributed by atoms with Crippen molar-refractivity contribution in [2.75, 3.05) is 7.11 Å². The van der Waals surface area contributed by atoms with Crippen molar-refractivity contribution in [2.24, 2.45) is 11.7 Å². The van der Waals surface area contributed by atoms with Gasteiger partial charge in [0, 0.05) is 13.3 Å². The molecule has 0 fully saturated rings. The van der Waals surface area contributed by atoms with Crippen molar-refractivity contribution in [2.45, 2.75) is 33.0 Å². The van der Waals surface area contributed by atoms with Crippen LogP contribution in [0.1, 0.15) is 47.2 Å². The highest BCUT2D eigenvalue weighted by Crippen LogP contribution is 2.14. The predicted molar refractivity (Wildman–Crippen MR) is 76.8 cm³/mol. The van der Waals surface area contributed by atoms with Crippen molar-refractivity contribution in [3.8, 4) is 0 Å². The summed E-state index contributed by atoms with van der Waals surface area (Å²) in [5, 5.41) is 11.8. The molecule has 21 heavy (non-hydrogen) atoms. The SMILES string of the molecule is COCc1cnc(C(=O)NC(C)(N)C(C)C)c(C(=O)O)c1. The topological polar surface area (TPSA) is 115 Å². The molecule has 1 rings (SSSR count). The molecule has 0 aliphatic rings. The molecule has 1 aromatic rings. The quantitative estimate of drug-likeness (QED) is 0.674. The zero-order valence-corrected chi connectivity index (χ0v) is 12.6. The first-order valence-corrected chi connectivity index (χ1v) is 6.51. The molecule has 0 saturated carbocycles. The van der Waals surface area contributed by atoms with Crippen molar-refractivity contribution >= 4 is 11.9 Å². The number of carboxylic acids is 1. The van der Waals surface area contributed by atoms with Gasteiger partial charge in [0.05, 0.1) is 17.8 Å². The Bertz CT molecular complexity index is 541. The summed E-state index contributed by atoms with van der Waals surface area (Å²) in [7, 11) is 1.49. The minimum absolute atomic E-state index is 0.0255. The number of ether oxygens (including phenoxy) is 1. The molecular formula is C14H21N3O4. The molecule has 7 heteroatoms. The van der Waals surface area contributed by atoms with Gasteiger partial charge in [0.15, 0.2) is 0 Å². The van der Waals surface area contributed by atoms with E-state index in [2.05, 4.69) is 10.3 Å². The Hall–Kier alpha value is -1.99. The molecule has 0 aliphatic carbocycles. The summed E-state index contributed by atoms with van der Waals surface area (Å²) in [6, 6.07) is 1.37. The van der Waals surface area contributed by atoms with E-state index in [1.54, 1.807) is 6.92 Å². The molecule has 1 amide bonds. The second-order valence-corrected chi connectivity index (χ2v) is 5.37. The number of carbonyl (C=O) groups excluding carboxylic acids is 1. The monoisotopic (exact) mass is 295 g/mol. The molecule has 0 spiro atoms. The number of hydrogen-bond acceptors (Lipinski definition) is 5. The normalized spacial score (nSPS) is 13.8. The summed E-state index contributed by atoms with van der Waals surface area (Å²) in [4.78, 5) is 27.4. The van der Waals surface area contributed by atoms with Crippen LogP contribution in [0.2, 0.25) is 0 Å². The van der Waals surface area contributed by atoms with Crippen LogP contribution in [-0.2, 0) is 11.3 Å². The third-order valence-corrected chi connectivity index (χ3v) is 3.28. The number of rotatable bonds is 6. The number of pyridine rings is 1. The molecule has 1 unspecified atom stereocenters. The number of carbonyl (C=O) groups is 2. The molecule has 1 heterocycles. The average Bonchev–Trinajstić information content (AvgIpc) is 2.38. The molecule has 0 saturated heterocycles. The van der Waals surface area contributed by atoms with Gasteiger partial charge in [0.1, 0.15) is 5.69 Å². The van der Waals surface area contributed by atoms with Gasteiger partial charge in [-0.2, -0.15) is 0 Å². The minimum atomic E-state index is -1.23. The van der Waals surface area contributed by atoms with Gasteiger partial charge >= 0.3 is 5.97 Å². The fourth-order valence-electron chi connectivity index (χ4n) is 1.55. The summed E-state index contributed by atoms with van der Waals surface area (Å²) in [5.74, 6) is -1.87. The smallest absolute Gasteiger partial charge is 0.338 e. The lowest BCUT2D eigenvalue weighted by Crippen LogP contribution is -2.57. The van der Waals surface area contributed by atoms with Gasteiger partial charge in [-0.25, -0.2) is 9.78 Å². The molecule has 4 N–H and O–H groups in total. The van der Waals surface area contributed by atoms with Gasteiger partial charge in [0.25, 0.3) is 5.91 Å². The van der Waals surface area contributed by atoms with Gasteiger partial charge in [-0.3, -0.25) is 4.79 Å². The van der Waals surface area contributed by atoms with Crippen molar-refractivity contribution in [1.82, 2.24) is 10.3 Å². The van der Waals surface area contributed by atoms with Crippen LogP contribution >= 0.6 is 0 Å². The maximum atomic E-state index is 12.2. The summed E-state index contributed by atoms with van der Waals surface area (Å²) >= 11 is 0. The molecule has 1 atom stereocenters. The highest BCUT2D eigenvalue weighted by Gasteiger charge is 2.28. The summed E-state index contributed by atoms with van der Waals surface area (Å²) in [6.07, 6.45) is 1.41. The maximum absolute atomic E-state index is 12.2. The molecule has 0 aromatic carbocycles. The second-order valence-electron chi connectivity index (χ2n) is 5.37. The zero-order valence-electron chi connectivity index (χ0n) is 12.6. The highest BCUT2D eigenvalue weighted by atomic mass is 16.5. The van der Waals surface area contributed by atoms with Crippen LogP contribution in [0.5, 0.6) is 0 Å². The predicted octanol–water partition coefficient (Wildman–Crippen LogP) is 0.987. The molecule has 7 nitrogen and oxygen atoms in total. The number of amides is 1. The summed E-state index contributed by atoms with van der Waals surface area (Å²) < 4.78 is 4.92. The summed E-state index contributed by atoms with van der Waals surface area (Å²) in [6.45, 7) is 5.59. The fourth-order valence-corrected chi connectivity index (χ4v) is 1.55. The molecule has 0 radical (unpaired) electrons. The standard InChI is InChI=1S/C14H21N3O4/c1-8(2)14(3,15)17-12(18)11-10(13(19)20)5-9(6-16-11)7-21-4/h5-6,8H,7,15H2,1-4H3,(H,17,18)(H,19,20). The van der Waals surface area contributed by atoms with Gasteiger partial charge in [-0.1, -0.05) is 13.8 Å². The van der Waals surface area contributed by atoms with E-state index in [1.807, 2.05) is 13.8 Å². The van der Waals surface area contributed by atoms with Crippen LogP contribution in [-0.4, -0.2) is 34.7 Å². The first-order chi connectivity index (χ1) is 9.69. The third-order valence-electron chi connectivity index (χ3n) is 3.28. The number of nitrogens with zero attached hydrogens (tertiary/aromatic N) is 1. The molecule has 116 valence electrons. The van der Waals surface area contributed by atoms with Crippen molar-refractivity contribution in [3.05, 3.63) is 29.1 Å². The van der Waals surface area contributed by atoms with E-state index in [0.717, 1.165) is 0 Å². The Labute approximate surface area is 123 Å². The number of nitrogens with one attached hydrogen (secondary N) is 1. The van der Waals surface area contributed by atoms with Crippen LogP contribution < -0.4 is 11.1 Å². The average molecular weight is 295 g/mol. The number of methoxy groups -OCH3 is 1. The molecule has 0 bridgehead atoms. The van der Waals surface area contributed by atoms with Gasteiger partial charge < -0.3 is 20.9 Å². The first-order valence-electron chi connectivity index (χ1n) is 6.51. The number of aromatic carboxylic acids is 1. The lowest BCUT2D eigenvalue weighted by atomic mass is 9.98. The lowest BCUT2D eigenvalue weighted by molar-refractivity contribution is 0.0686. The van der Waals surface area contributed by atoms with E-state index >= 15 is 0 Å². The van der Waals surface area contributed by atoms with Crippen LogP contribution in [0.4, 0.5) is 0 Å². The number of aromatic nitrogens is 1.